The van der Waals surface area contributed by atoms with E-state index in [1.165, 1.54) is 218 Å². The van der Waals surface area contributed by atoms with E-state index in [4.69, 9.17) is 14.2 Å². The highest BCUT2D eigenvalue weighted by Crippen LogP contribution is 2.19. The third-order valence-corrected chi connectivity index (χ3v) is 13.9. The quantitative estimate of drug-likeness (QED) is 0.0343. The zero-order valence-corrected chi connectivity index (χ0v) is 46.2. The minimum Gasteiger partial charge on any atom is -0.462 e. The molecule has 6 nitrogen and oxygen atoms in total. The summed E-state index contributed by atoms with van der Waals surface area (Å²) >= 11 is 0. The molecule has 0 aromatic rings. The van der Waals surface area contributed by atoms with Crippen molar-refractivity contribution < 1.29 is 28.6 Å². The Morgan fingerprint density at radius 1 is 0.254 bits per heavy atom. The molecule has 0 fully saturated rings. The Morgan fingerprint density at radius 2 is 0.433 bits per heavy atom. The van der Waals surface area contributed by atoms with Gasteiger partial charge in [0.05, 0.1) is 0 Å². The topological polar surface area (TPSA) is 78.9 Å². The summed E-state index contributed by atoms with van der Waals surface area (Å²) in [6, 6.07) is 0. The van der Waals surface area contributed by atoms with Gasteiger partial charge in [-0.2, -0.15) is 0 Å². The Balaban J connectivity index is 4.21. The van der Waals surface area contributed by atoms with Gasteiger partial charge < -0.3 is 14.2 Å². The van der Waals surface area contributed by atoms with Gasteiger partial charge in [-0.25, -0.2) is 0 Å². The molecule has 0 amide bonds. The Morgan fingerprint density at radius 3 is 0.642 bits per heavy atom. The molecular formula is C61H118O6. The molecule has 0 aromatic carbocycles. The van der Waals surface area contributed by atoms with Crippen LogP contribution in [0.3, 0.4) is 0 Å². The summed E-state index contributed by atoms with van der Waals surface area (Å²) < 4.78 is 16.9. The lowest BCUT2D eigenvalue weighted by molar-refractivity contribution is -0.167. The predicted octanol–water partition coefficient (Wildman–Crippen LogP) is 19.9. The minimum absolute atomic E-state index is 0.0637. The van der Waals surface area contributed by atoms with Gasteiger partial charge in [0.15, 0.2) is 6.10 Å². The molecule has 0 unspecified atom stereocenters. The summed E-state index contributed by atoms with van der Waals surface area (Å²) in [5, 5.41) is 0. The molecule has 0 aliphatic rings. The second kappa shape index (κ2) is 52.2. The van der Waals surface area contributed by atoms with E-state index >= 15 is 0 Å². The summed E-state index contributed by atoms with van der Waals surface area (Å²) in [7, 11) is 0. The maximum Gasteiger partial charge on any atom is 0.306 e. The standard InChI is InChI=1S/C61H118O6/c1-55(2)47-41-35-29-24-20-16-12-9-7-8-10-14-18-22-26-32-38-44-50-59(62)65-53-58(54-66-60(63)51-45-39-34-28-31-37-43-49-57(5)6)67-61(64)52-46-40-33-27-23-19-15-11-13-17-21-25-30-36-42-48-56(3)4/h55-58H,7-54H2,1-6H3/t58-/m0/s1. The van der Waals surface area contributed by atoms with Crippen molar-refractivity contribution in [1.82, 2.24) is 0 Å². The Kier molecular flexibility index (Phi) is 51.0. The number of carbonyl (C=O) groups is 3. The average Bonchev–Trinajstić information content (AvgIpc) is 3.29. The van der Waals surface area contributed by atoms with E-state index in [1.54, 1.807) is 0 Å². The van der Waals surface area contributed by atoms with Gasteiger partial charge in [-0.3, -0.25) is 14.4 Å². The highest BCUT2D eigenvalue weighted by Gasteiger charge is 2.19. The van der Waals surface area contributed by atoms with E-state index in [-0.39, 0.29) is 31.1 Å². The molecule has 0 aromatic heterocycles. The number of carbonyl (C=O) groups excluding carboxylic acids is 3. The first kappa shape index (κ1) is 65.4. The van der Waals surface area contributed by atoms with Crippen molar-refractivity contribution in [3.8, 4) is 0 Å². The average molecular weight is 948 g/mol. The number of unbranched alkanes of at least 4 members (excludes halogenated alkanes) is 37. The molecule has 0 saturated heterocycles. The summed E-state index contributed by atoms with van der Waals surface area (Å²) in [6.07, 6.45) is 55.4. The van der Waals surface area contributed by atoms with Gasteiger partial charge in [0.1, 0.15) is 13.2 Å². The van der Waals surface area contributed by atoms with Crippen molar-refractivity contribution >= 4 is 17.9 Å². The van der Waals surface area contributed by atoms with Crippen LogP contribution in [0.5, 0.6) is 0 Å². The van der Waals surface area contributed by atoms with Gasteiger partial charge in [-0.05, 0) is 37.0 Å². The number of hydrogen-bond donors (Lipinski definition) is 0. The van der Waals surface area contributed by atoms with Crippen molar-refractivity contribution in [3.05, 3.63) is 0 Å². The van der Waals surface area contributed by atoms with Crippen molar-refractivity contribution in [1.29, 1.82) is 0 Å². The Bertz CT molecular complexity index is 1040. The Hall–Kier alpha value is -1.59. The molecule has 0 rings (SSSR count). The number of esters is 3. The van der Waals surface area contributed by atoms with Crippen LogP contribution in [-0.4, -0.2) is 37.2 Å². The lowest BCUT2D eigenvalue weighted by Crippen LogP contribution is -2.30. The SMILES string of the molecule is CC(C)CCCCCCCCCCCCCCCCCCCCC(=O)OC[C@@H](COC(=O)CCCCCCCCCC(C)C)OC(=O)CCCCCCCCCCCCCCCCCC(C)C. The van der Waals surface area contributed by atoms with E-state index in [2.05, 4.69) is 41.5 Å². The molecule has 0 bridgehead atoms. The molecule has 0 heterocycles. The van der Waals surface area contributed by atoms with Crippen LogP contribution < -0.4 is 0 Å². The van der Waals surface area contributed by atoms with Crippen LogP contribution in [0.4, 0.5) is 0 Å². The fourth-order valence-electron chi connectivity index (χ4n) is 9.35. The van der Waals surface area contributed by atoms with Gasteiger partial charge in [0.25, 0.3) is 0 Å². The number of rotatable bonds is 54. The molecule has 398 valence electrons. The smallest absolute Gasteiger partial charge is 0.306 e. The van der Waals surface area contributed by atoms with Crippen LogP contribution in [0.15, 0.2) is 0 Å². The Labute approximate surface area is 418 Å². The van der Waals surface area contributed by atoms with Crippen LogP contribution in [0, 0.1) is 17.8 Å². The van der Waals surface area contributed by atoms with Gasteiger partial charge >= 0.3 is 17.9 Å². The van der Waals surface area contributed by atoms with Crippen LogP contribution >= 0.6 is 0 Å². The van der Waals surface area contributed by atoms with E-state index < -0.39 is 6.10 Å². The lowest BCUT2D eigenvalue weighted by atomic mass is 10.0. The third kappa shape index (κ3) is 55.2. The van der Waals surface area contributed by atoms with Crippen LogP contribution in [-0.2, 0) is 28.6 Å². The number of hydrogen-bond acceptors (Lipinski definition) is 6. The second-order valence-electron chi connectivity index (χ2n) is 22.4. The third-order valence-electron chi connectivity index (χ3n) is 13.9. The molecule has 0 aliphatic carbocycles. The largest absolute Gasteiger partial charge is 0.462 e. The fourth-order valence-corrected chi connectivity index (χ4v) is 9.35. The van der Waals surface area contributed by atoms with Crippen LogP contribution in [0.2, 0.25) is 0 Å². The maximum atomic E-state index is 12.9. The zero-order chi connectivity index (χ0) is 49.1. The highest BCUT2D eigenvalue weighted by atomic mass is 16.6. The molecule has 1 atom stereocenters. The molecule has 6 heteroatoms. The molecule has 0 aliphatic heterocycles. The maximum absolute atomic E-state index is 12.9. The van der Waals surface area contributed by atoms with Gasteiger partial charge in [-0.1, -0.05) is 298 Å². The fraction of sp³-hybridized carbons (Fsp3) is 0.951. The first-order valence-corrected chi connectivity index (χ1v) is 30.1. The summed E-state index contributed by atoms with van der Waals surface area (Å²) in [4.78, 5) is 38.1. The summed E-state index contributed by atoms with van der Waals surface area (Å²) in [5.74, 6) is 1.64. The van der Waals surface area contributed by atoms with E-state index in [9.17, 15) is 14.4 Å². The van der Waals surface area contributed by atoms with Crippen LogP contribution in [0.25, 0.3) is 0 Å². The molecule has 0 N–H and O–H groups in total. The van der Waals surface area contributed by atoms with E-state index in [0.29, 0.717) is 19.3 Å². The molecular weight excluding hydrogens is 829 g/mol. The second-order valence-corrected chi connectivity index (χ2v) is 22.4. The first-order valence-electron chi connectivity index (χ1n) is 30.1. The van der Waals surface area contributed by atoms with Gasteiger partial charge in [-0.15, -0.1) is 0 Å². The molecule has 67 heavy (non-hydrogen) atoms. The van der Waals surface area contributed by atoms with Crippen molar-refractivity contribution in [2.75, 3.05) is 13.2 Å². The number of ether oxygens (including phenoxy) is 3. The highest BCUT2D eigenvalue weighted by molar-refractivity contribution is 5.71. The van der Waals surface area contributed by atoms with Crippen molar-refractivity contribution in [3.63, 3.8) is 0 Å². The van der Waals surface area contributed by atoms with Crippen molar-refractivity contribution in [2.24, 2.45) is 17.8 Å². The van der Waals surface area contributed by atoms with Gasteiger partial charge in [0.2, 0.25) is 0 Å². The molecule has 0 radical (unpaired) electrons. The van der Waals surface area contributed by atoms with E-state index in [1.807, 2.05) is 0 Å². The first-order chi connectivity index (χ1) is 32.6. The monoisotopic (exact) mass is 947 g/mol. The minimum atomic E-state index is -0.764. The van der Waals surface area contributed by atoms with Gasteiger partial charge in [0, 0.05) is 19.3 Å². The lowest BCUT2D eigenvalue weighted by Gasteiger charge is -2.18. The zero-order valence-electron chi connectivity index (χ0n) is 46.2. The summed E-state index contributed by atoms with van der Waals surface area (Å²) in [5.41, 5.74) is 0. The predicted molar refractivity (Wildman–Crippen MR) is 289 cm³/mol. The molecule has 0 spiro atoms. The normalized spacial score (nSPS) is 12.1. The van der Waals surface area contributed by atoms with Crippen LogP contribution in [0.1, 0.15) is 337 Å². The van der Waals surface area contributed by atoms with E-state index in [0.717, 1.165) is 75.5 Å². The summed E-state index contributed by atoms with van der Waals surface area (Å²) in [6.45, 7) is 13.7. The van der Waals surface area contributed by atoms with Crippen molar-refractivity contribution in [2.45, 2.75) is 343 Å². The molecule has 0 saturated carbocycles.